The fraction of sp³-hybridized carbons (Fsp3) is 0.786. The summed E-state index contributed by atoms with van der Waals surface area (Å²) in [5, 5.41) is 0. The minimum Gasteiger partial charge on any atom is -0.382 e. The maximum absolute atomic E-state index is 11.9. The lowest BCUT2D eigenvalue weighted by molar-refractivity contribution is -0.116. The molecule has 1 aliphatic rings. The molecule has 0 heterocycles. The molecule has 0 unspecified atom stereocenters. The summed E-state index contributed by atoms with van der Waals surface area (Å²) in [4.78, 5) is 11.9. The maximum Gasteiger partial charge on any atom is 0.160 e. The molecule has 0 aliphatic heterocycles. The molecule has 0 saturated carbocycles. The number of hydrogen-bond acceptors (Lipinski definition) is 3. The van der Waals surface area contributed by atoms with E-state index in [-0.39, 0.29) is 5.78 Å². The molecule has 0 fully saturated rings. The van der Waals surface area contributed by atoms with Gasteiger partial charge in [0.05, 0.1) is 19.8 Å². The zero-order valence-electron chi connectivity index (χ0n) is 10.9. The van der Waals surface area contributed by atoms with E-state index in [9.17, 15) is 4.79 Å². The predicted molar refractivity (Wildman–Crippen MR) is 68.1 cm³/mol. The predicted octanol–water partition coefficient (Wildman–Crippen LogP) is 2.89. The summed E-state index contributed by atoms with van der Waals surface area (Å²) < 4.78 is 10.2. The van der Waals surface area contributed by atoms with Crippen LogP contribution in [0.1, 0.15) is 44.9 Å². The highest BCUT2D eigenvalue weighted by Gasteiger charge is 2.10. The normalized spacial score (nSPS) is 17.1. The zero-order chi connectivity index (χ0) is 12.3. The lowest BCUT2D eigenvalue weighted by Crippen LogP contribution is -2.10. The van der Waals surface area contributed by atoms with Gasteiger partial charge in [0.15, 0.2) is 5.78 Å². The lowest BCUT2D eigenvalue weighted by atomic mass is 9.96. The van der Waals surface area contributed by atoms with Crippen molar-refractivity contribution in [2.24, 2.45) is 0 Å². The average molecular weight is 240 g/mol. The van der Waals surface area contributed by atoms with Gasteiger partial charge < -0.3 is 9.47 Å². The van der Waals surface area contributed by atoms with Crippen LogP contribution in [0.5, 0.6) is 0 Å². The molecule has 0 saturated heterocycles. The number of hydrogen-bond donors (Lipinski definition) is 0. The van der Waals surface area contributed by atoms with E-state index in [1.807, 2.05) is 0 Å². The molecular formula is C14H24O3. The first-order chi connectivity index (χ1) is 8.34. The van der Waals surface area contributed by atoms with Gasteiger partial charge >= 0.3 is 0 Å². The van der Waals surface area contributed by atoms with Gasteiger partial charge in [0.2, 0.25) is 0 Å². The molecule has 98 valence electrons. The van der Waals surface area contributed by atoms with Crippen LogP contribution in [0.4, 0.5) is 0 Å². The fourth-order valence-corrected chi connectivity index (χ4v) is 2.01. The molecule has 17 heavy (non-hydrogen) atoms. The molecule has 0 aromatic heterocycles. The van der Waals surface area contributed by atoms with Crippen molar-refractivity contribution in [3.8, 4) is 0 Å². The Morgan fingerprint density at radius 2 is 2.00 bits per heavy atom. The van der Waals surface area contributed by atoms with E-state index < -0.39 is 0 Å². The number of methoxy groups -OCH3 is 1. The van der Waals surface area contributed by atoms with Crippen LogP contribution in [0, 0.1) is 0 Å². The minimum atomic E-state index is 0.268. The van der Waals surface area contributed by atoms with Gasteiger partial charge in [-0.1, -0.05) is 18.9 Å². The number of ketones is 1. The molecule has 0 N–H and O–H groups in total. The molecule has 3 nitrogen and oxygen atoms in total. The summed E-state index contributed by atoms with van der Waals surface area (Å²) in [5.74, 6) is 0.268. The van der Waals surface area contributed by atoms with E-state index in [0.717, 1.165) is 24.8 Å². The van der Waals surface area contributed by atoms with Crippen LogP contribution in [0.15, 0.2) is 11.6 Å². The van der Waals surface area contributed by atoms with Gasteiger partial charge in [-0.3, -0.25) is 4.79 Å². The Hall–Kier alpha value is -0.670. The van der Waals surface area contributed by atoms with Gasteiger partial charge in [0.25, 0.3) is 0 Å². The third-order valence-corrected chi connectivity index (χ3v) is 3.05. The number of carbonyl (C=O) groups excluding carboxylic acids is 1. The first-order valence-electron chi connectivity index (χ1n) is 6.63. The monoisotopic (exact) mass is 240 g/mol. The molecule has 0 aromatic rings. The molecule has 0 bridgehead atoms. The second-order valence-electron chi connectivity index (χ2n) is 4.46. The van der Waals surface area contributed by atoms with Crippen LogP contribution < -0.4 is 0 Å². The van der Waals surface area contributed by atoms with Crippen LogP contribution in [-0.2, 0) is 14.3 Å². The number of rotatable bonds is 7. The Morgan fingerprint density at radius 3 is 2.82 bits per heavy atom. The number of allylic oxidation sites excluding steroid dienone is 2. The zero-order valence-corrected chi connectivity index (χ0v) is 10.9. The summed E-state index contributed by atoms with van der Waals surface area (Å²) in [5.41, 5.74) is 1.03. The molecule has 0 aromatic carbocycles. The first kappa shape index (κ1) is 14.4. The van der Waals surface area contributed by atoms with Gasteiger partial charge in [-0.25, -0.2) is 0 Å². The Morgan fingerprint density at radius 1 is 1.18 bits per heavy atom. The Bertz CT molecular complexity index is 246. The first-order valence-corrected chi connectivity index (χ1v) is 6.63. The molecule has 0 radical (unpaired) electrons. The number of carbonyl (C=O) groups is 1. The van der Waals surface area contributed by atoms with Crippen molar-refractivity contribution < 1.29 is 14.3 Å². The molecule has 0 amide bonds. The Balaban J connectivity index is 2.20. The van der Waals surface area contributed by atoms with Crippen LogP contribution in [0.3, 0.4) is 0 Å². The van der Waals surface area contributed by atoms with Crippen molar-refractivity contribution in [3.63, 3.8) is 0 Å². The van der Waals surface area contributed by atoms with Crippen molar-refractivity contribution in [2.45, 2.75) is 44.9 Å². The van der Waals surface area contributed by atoms with Crippen molar-refractivity contribution in [1.82, 2.24) is 0 Å². The summed E-state index contributed by atoms with van der Waals surface area (Å²) in [6.45, 7) is 1.68. The summed E-state index contributed by atoms with van der Waals surface area (Å²) in [6, 6.07) is 0. The molecule has 0 spiro atoms. The highest BCUT2D eigenvalue weighted by molar-refractivity contribution is 5.95. The van der Waals surface area contributed by atoms with Gasteiger partial charge in [0.1, 0.15) is 0 Å². The van der Waals surface area contributed by atoms with E-state index in [2.05, 4.69) is 6.08 Å². The quantitative estimate of drug-likeness (QED) is 0.642. The van der Waals surface area contributed by atoms with Crippen molar-refractivity contribution in [1.29, 1.82) is 0 Å². The molecule has 1 rings (SSSR count). The van der Waals surface area contributed by atoms with E-state index in [1.165, 1.54) is 19.3 Å². The largest absolute Gasteiger partial charge is 0.382 e. The third kappa shape index (κ3) is 6.59. The van der Waals surface area contributed by atoms with Crippen LogP contribution in [0.2, 0.25) is 0 Å². The average Bonchev–Trinajstić information content (AvgIpc) is 2.28. The van der Waals surface area contributed by atoms with E-state index in [4.69, 9.17) is 9.47 Å². The summed E-state index contributed by atoms with van der Waals surface area (Å²) >= 11 is 0. The summed E-state index contributed by atoms with van der Waals surface area (Å²) in [7, 11) is 1.65. The number of Topliss-reactive ketones (excluding diaryl/α,β-unsaturated/α-hetero) is 1. The molecular weight excluding hydrogens is 216 g/mol. The second kappa shape index (κ2) is 9.37. The van der Waals surface area contributed by atoms with E-state index in [0.29, 0.717) is 26.2 Å². The van der Waals surface area contributed by atoms with Crippen molar-refractivity contribution in [3.05, 3.63) is 11.6 Å². The maximum atomic E-state index is 11.9. The van der Waals surface area contributed by atoms with Crippen LogP contribution >= 0.6 is 0 Å². The Kier molecular flexibility index (Phi) is 7.93. The SMILES string of the molecule is COCCOCCC(=O)C1=CCCCCCC1. The molecule has 3 heteroatoms. The smallest absolute Gasteiger partial charge is 0.160 e. The number of ether oxygens (including phenoxy) is 2. The minimum absolute atomic E-state index is 0.268. The third-order valence-electron chi connectivity index (χ3n) is 3.05. The Labute approximate surface area is 104 Å². The van der Waals surface area contributed by atoms with Crippen molar-refractivity contribution in [2.75, 3.05) is 26.9 Å². The second-order valence-corrected chi connectivity index (χ2v) is 4.46. The fourth-order valence-electron chi connectivity index (χ4n) is 2.01. The van der Waals surface area contributed by atoms with Crippen molar-refractivity contribution >= 4 is 5.78 Å². The topological polar surface area (TPSA) is 35.5 Å². The van der Waals surface area contributed by atoms with Crippen LogP contribution in [0.25, 0.3) is 0 Å². The highest BCUT2D eigenvalue weighted by Crippen LogP contribution is 2.18. The van der Waals surface area contributed by atoms with Gasteiger partial charge in [-0.15, -0.1) is 0 Å². The standard InChI is InChI=1S/C14H24O3/c1-16-11-12-17-10-9-14(15)13-7-5-3-2-4-6-8-13/h7H,2-6,8-12H2,1H3. The van der Waals surface area contributed by atoms with Gasteiger partial charge in [-0.05, 0) is 31.3 Å². The van der Waals surface area contributed by atoms with Gasteiger partial charge in [0, 0.05) is 13.5 Å². The van der Waals surface area contributed by atoms with E-state index >= 15 is 0 Å². The van der Waals surface area contributed by atoms with E-state index in [1.54, 1.807) is 7.11 Å². The molecule has 0 atom stereocenters. The van der Waals surface area contributed by atoms with Gasteiger partial charge in [-0.2, -0.15) is 0 Å². The summed E-state index contributed by atoms with van der Waals surface area (Å²) in [6.07, 6.45) is 9.60. The lowest BCUT2D eigenvalue weighted by Gasteiger charge is -2.10. The highest BCUT2D eigenvalue weighted by atomic mass is 16.5. The molecule has 1 aliphatic carbocycles. The van der Waals surface area contributed by atoms with Crippen LogP contribution in [-0.4, -0.2) is 32.7 Å².